The summed E-state index contributed by atoms with van der Waals surface area (Å²) in [5, 5.41) is 8.04. The molecule has 0 aromatic carbocycles. The molecule has 1 aliphatic rings. The van der Waals surface area contributed by atoms with Crippen molar-refractivity contribution in [3.8, 4) is 0 Å². The molecule has 24 heavy (non-hydrogen) atoms. The number of aliphatic imine (C=N–C) groups is 1. The maximum Gasteiger partial charge on any atom is 0.191 e. The summed E-state index contributed by atoms with van der Waals surface area (Å²) in [6.45, 7) is 8.96. The van der Waals surface area contributed by atoms with Crippen LogP contribution in [0, 0.1) is 13.8 Å². The Bertz CT molecular complexity index is 512. The van der Waals surface area contributed by atoms with Crippen LogP contribution in [0.2, 0.25) is 0 Å². The van der Waals surface area contributed by atoms with Crippen LogP contribution in [-0.2, 0) is 11.2 Å². The Hall–Kier alpha value is -1.18. The Morgan fingerprint density at radius 3 is 2.92 bits per heavy atom. The van der Waals surface area contributed by atoms with Crippen molar-refractivity contribution in [2.75, 3.05) is 46.9 Å². The van der Waals surface area contributed by atoms with Crippen LogP contribution in [0.3, 0.4) is 0 Å². The summed E-state index contributed by atoms with van der Waals surface area (Å²) in [6, 6.07) is 0.572. The fourth-order valence-electron chi connectivity index (χ4n) is 3.00. The van der Waals surface area contributed by atoms with Crippen molar-refractivity contribution in [3.05, 3.63) is 15.6 Å². The van der Waals surface area contributed by atoms with Crippen LogP contribution in [0.5, 0.6) is 0 Å². The zero-order valence-electron chi connectivity index (χ0n) is 15.4. The van der Waals surface area contributed by atoms with Gasteiger partial charge in [-0.3, -0.25) is 9.89 Å². The Kier molecular flexibility index (Phi) is 7.94. The molecule has 0 aliphatic carbocycles. The van der Waals surface area contributed by atoms with Gasteiger partial charge in [-0.2, -0.15) is 0 Å². The van der Waals surface area contributed by atoms with Gasteiger partial charge in [0.2, 0.25) is 0 Å². The maximum atomic E-state index is 5.20. The molecule has 1 aromatic heterocycles. The lowest BCUT2D eigenvalue weighted by Gasteiger charge is -2.25. The van der Waals surface area contributed by atoms with E-state index in [4.69, 9.17) is 4.74 Å². The third-order valence-electron chi connectivity index (χ3n) is 4.51. The van der Waals surface area contributed by atoms with Crippen LogP contribution < -0.4 is 10.6 Å². The molecule has 1 atom stereocenters. The van der Waals surface area contributed by atoms with E-state index in [0.717, 1.165) is 44.3 Å². The van der Waals surface area contributed by atoms with Gasteiger partial charge in [0.05, 0.1) is 17.3 Å². The van der Waals surface area contributed by atoms with Crippen molar-refractivity contribution < 1.29 is 4.74 Å². The minimum absolute atomic E-state index is 0.572. The number of rotatable bonds is 8. The number of hydrogen-bond acceptors (Lipinski definition) is 5. The number of ether oxygens (including phenoxy) is 1. The second kappa shape index (κ2) is 9.96. The Morgan fingerprint density at radius 1 is 1.42 bits per heavy atom. The molecular weight excluding hydrogens is 322 g/mol. The fourth-order valence-corrected chi connectivity index (χ4v) is 3.93. The van der Waals surface area contributed by atoms with E-state index in [1.807, 2.05) is 7.05 Å². The standard InChI is InChI=1S/C17H31N5OS/c1-13-14(2)24-16(21-13)7-8-19-17(18-3)20-12-15-6-5-9-22(15)10-11-23-4/h15H,5-12H2,1-4H3,(H2,18,19,20). The number of nitrogens with one attached hydrogen (secondary N) is 2. The lowest BCUT2D eigenvalue weighted by Crippen LogP contribution is -2.45. The van der Waals surface area contributed by atoms with Crippen LogP contribution in [0.25, 0.3) is 0 Å². The first-order valence-corrected chi connectivity index (χ1v) is 9.56. The number of thiazole rings is 1. The van der Waals surface area contributed by atoms with Crippen molar-refractivity contribution in [3.63, 3.8) is 0 Å². The summed E-state index contributed by atoms with van der Waals surface area (Å²) >= 11 is 1.79. The largest absolute Gasteiger partial charge is 0.383 e. The molecule has 1 aromatic rings. The van der Waals surface area contributed by atoms with E-state index in [0.29, 0.717) is 6.04 Å². The van der Waals surface area contributed by atoms with Gasteiger partial charge in [0, 0.05) is 51.1 Å². The minimum Gasteiger partial charge on any atom is -0.383 e. The average Bonchev–Trinajstić information content (AvgIpc) is 3.15. The summed E-state index contributed by atoms with van der Waals surface area (Å²) in [6.07, 6.45) is 3.44. The number of aromatic nitrogens is 1. The van der Waals surface area contributed by atoms with Gasteiger partial charge in [-0.15, -0.1) is 11.3 Å². The fraction of sp³-hybridized carbons (Fsp3) is 0.765. The Balaban J connectivity index is 1.70. The van der Waals surface area contributed by atoms with Crippen LogP contribution in [-0.4, -0.2) is 68.8 Å². The van der Waals surface area contributed by atoms with E-state index in [2.05, 4.69) is 39.4 Å². The molecule has 2 rings (SSSR count). The normalized spacial score (nSPS) is 19.0. The second-order valence-electron chi connectivity index (χ2n) is 6.20. The molecule has 1 fully saturated rings. The second-order valence-corrected chi connectivity index (χ2v) is 7.49. The Labute approximate surface area is 149 Å². The predicted molar refractivity (Wildman–Crippen MR) is 101 cm³/mol. The first kappa shape index (κ1) is 19.1. The maximum absolute atomic E-state index is 5.20. The van der Waals surface area contributed by atoms with Crippen LogP contribution in [0.4, 0.5) is 0 Å². The minimum atomic E-state index is 0.572. The molecule has 136 valence electrons. The van der Waals surface area contributed by atoms with Crippen molar-refractivity contribution in [2.24, 2.45) is 4.99 Å². The van der Waals surface area contributed by atoms with Gasteiger partial charge < -0.3 is 15.4 Å². The SMILES string of the molecule is CN=C(NCCc1nc(C)c(C)s1)NCC1CCCN1CCOC. The smallest absolute Gasteiger partial charge is 0.191 e. The summed E-state index contributed by atoms with van der Waals surface area (Å²) < 4.78 is 5.20. The summed E-state index contributed by atoms with van der Waals surface area (Å²) in [5.74, 6) is 0.874. The zero-order chi connectivity index (χ0) is 17.4. The molecule has 2 heterocycles. The number of nitrogens with zero attached hydrogens (tertiary/aromatic N) is 3. The quantitative estimate of drug-likeness (QED) is 0.549. The first-order chi connectivity index (χ1) is 11.6. The number of aryl methyl sites for hydroxylation is 2. The molecule has 7 heteroatoms. The summed E-state index contributed by atoms with van der Waals surface area (Å²) in [4.78, 5) is 12.7. The molecule has 0 radical (unpaired) electrons. The molecular formula is C17H31N5OS. The van der Waals surface area contributed by atoms with Crippen molar-refractivity contribution in [2.45, 2.75) is 39.2 Å². The number of hydrogen-bond donors (Lipinski definition) is 2. The van der Waals surface area contributed by atoms with Crippen LogP contribution in [0.1, 0.15) is 28.4 Å². The number of guanidine groups is 1. The van der Waals surface area contributed by atoms with E-state index in [1.165, 1.54) is 29.3 Å². The third-order valence-corrected chi connectivity index (χ3v) is 5.65. The van der Waals surface area contributed by atoms with Crippen molar-refractivity contribution in [1.82, 2.24) is 20.5 Å². The summed E-state index contributed by atoms with van der Waals surface area (Å²) in [7, 11) is 3.59. The van der Waals surface area contributed by atoms with Gasteiger partial charge in [-0.05, 0) is 33.2 Å². The third kappa shape index (κ3) is 5.72. The van der Waals surface area contributed by atoms with Crippen molar-refractivity contribution in [1.29, 1.82) is 0 Å². The highest BCUT2D eigenvalue weighted by Crippen LogP contribution is 2.17. The highest BCUT2D eigenvalue weighted by atomic mass is 32.1. The number of methoxy groups -OCH3 is 1. The topological polar surface area (TPSA) is 61.8 Å². The van der Waals surface area contributed by atoms with Gasteiger partial charge in [0.25, 0.3) is 0 Å². The van der Waals surface area contributed by atoms with Gasteiger partial charge in [-0.25, -0.2) is 4.98 Å². The zero-order valence-corrected chi connectivity index (χ0v) is 16.2. The summed E-state index contributed by atoms with van der Waals surface area (Å²) in [5.41, 5.74) is 1.15. The molecule has 1 saturated heterocycles. The molecule has 0 amide bonds. The van der Waals surface area contributed by atoms with E-state index < -0.39 is 0 Å². The molecule has 1 aliphatic heterocycles. The van der Waals surface area contributed by atoms with Gasteiger partial charge in [-0.1, -0.05) is 0 Å². The molecule has 0 saturated carbocycles. The predicted octanol–water partition coefficient (Wildman–Crippen LogP) is 1.58. The van der Waals surface area contributed by atoms with Gasteiger partial charge >= 0.3 is 0 Å². The lowest BCUT2D eigenvalue weighted by atomic mass is 10.2. The molecule has 2 N–H and O–H groups in total. The van der Waals surface area contributed by atoms with E-state index in [-0.39, 0.29) is 0 Å². The van der Waals surface area contributed by atoms with Crippen LogP contribution in [0.15, 0.2) is 4.99 Å². The number of likely N-dealkylation sites (tertiary alicyclic amines) is 1. The van der Waals surface area contributed by atoms with Crippen LogP contribution >= 0.6 is 11.3 Å². The van der Waals surface area contributed by atoms with Crippen molar-refractivity contribution >= 4 is 17.3 Å². The molecule has 0 bridgehead atoms. The molecule has 0 spiro atoms. The van der Waals surface area contributed by atoms with E-state index in [1.54, 1.807) is 18.4 Å². The van der Waals surface area contributed by atoms with Gasteiger partial charge in [0.1, 0.15) is 0 Å². The molecule has 6 nitrogen and oxygen atoms in total. The Morgan fingerprint density at radius 2 is 2.25 bits per heavy atom. The first-order valence-electron chi connectivity index (χ1n) is 8.74. The van der Waals surface area contributed by atoms with E-state index in [9.17, 15) is 0 Å². The highest BCUT2D eigenvalue weighted by Gasteiger charge is 2.23. The monoisotopic (exact) mass is 353 g/mol. The van der Waals surface area contributed by atoms with Gasteiger partial charge in [0.15, 0.2) is 5.96 Å². The molecule has 1 unspecified atom stereocenters. The average molecular weight is 354 g/mol. The lowest BCUT2D eigenvalue weighted by molar-refractivity contribution is 0.141. The highest BCUT2D eigenvalue weighted by molar-refractivity contribution is 7.11. The van der Waals surface area contributed by atoms with E-state index >= 15 is 0 Å².